The van der Waals surface area contributed by atoms with Gasteiger partial charge in [-0.2, -0.15) is 20.5 Å². The van der Waals surface area contributed by atoms with Crippen molar-refractivity contribution in [1.29, 1.82) is 10.5 Å². The van der Waals surface area contributed by atoms with Gasteiger partial charge >= 0.3 is 6.01 Å². The number of halogens is 1. The summed E-state index contributed by atoms with van der Waals surface area (Å²) in [5.41, 5.74) is 7.71. The van der Waals surface area contributed by atoms with Gasteiger partial charge in [-0.05, 0) is 19.4 Å². The van der Waals surface area contributed by atoms with E-state index in [4.69, 9.17) is 21.9 Å². The van der Waals surface area contributed by atoms with E-state index in [-0.39, 0.29) is 22.8 Å². The fourth-order valence-corrected chi connectivity index (χ4v) is 9.19. The number of alkyl halides is 1. The maximum absolute atomic E-state index is 14.3. The summed E-state index contributed by atoms with van der Waals surface area (Å²) in [5.74, 6) is 4.29. The molecule has 0 amide bonds. The number of terminal acetylenes is 1. The van der Waals surface area contributed by atoms with Gasteiger partial charge in [-0.3, -0.25) is 4.90 Å². The van der Waals surface area contributed by atoms with Gasteiger partial charge in [0.2, 0.25) is 0 Å². The van der Waals surface area contributed by atoms with Crippen molar-refractivity contribution in [2.75, 3.05) is 61.9 Å². The standard InChI is InChI=1S/C26H27FN8OS2/c1-3-6-33(2)22-18(10-29)23(32-24(31-22)36-15-25-5-4-7-35(25)11-16(27)8-25)34-13-26(14-34)20-17(9-28)21(30)38-19(20)12-37-26/h1,16H,4-8,11-15,30H2,2H3/t16?,25-/m0/s1. The predicted molar refractivity (Wildman–Crippen MR) is 146 cm³/mol. The first-order valence-electron chi connectivity index (χ1n) is 12.5. The van der Waals surface area contributed by atoms with Crippen LogP contribution in [0.3, 0.4) is 0 Å². The number of rotatable bonds is 6. The molecule has 196 valence electrons. The summed E-state index contributed by atoms with van der Waals surface area (Å²) in [6.07, 6.45) is 7.03. The van der Waals surface area contributed by atoms with Gasteiger partial charge in [-0.1, -0.05) is 5.92 Å². The molecule has 3 fully saturated rings. The molecular weight excluding hydrogens is 523 g/mol. The predicted octanol–water partition coefficient (Wildman–Crippen LogP) is 2.85. The Kier molecular flexibility index (Phi) is 6.07. The molecule has 1 spiro atoms. The molecule has 1 unspecified atom stereocenters. The monoisotopic (exact) mass is 550 g/mol. The Balaban J connectivity index is 1.32. The van der Waals surface area contributed by atoms with E-state index in [1.807, 2.05) is 4.90 Å². The summed E-state index contributed by atoms with van der Waals surface area (Å²) in [6, 6.07) is 4.72. The molecule has 4 aliphatic heterocycles. The van der Waals surface area contributed by atoms with Crippen LogP contribution in [0.15, 0.2) is 0 Å². The van der Waals surface area contributed by atoms with Crippen LogP contribution < -0.4 is 20.3 Å². The van der Waals surface area contributed by atoms with E-state index >= 15 is 0 Å². The molecular formula is C26H27FN8OS2. The molecule has 4 aliphatic rings. The minimum atomic E-state index is -0.857. The molecule has 2 aromatic rings. The normalized spacial score (nSPS) is 24.8. The molecule has 0 bridgehead atoms. The molecule has 0 aromatic carbocycles. The second-order valence-electron chi connectivity index (χ2n) is 10.5. The third kappa shape index (κ3) is 3.76. The zero-order valence-electron chi connectivity index (χ0n) is 21.0. The van der Waals surface area contributed by atoms with E-state index in [9.17, 15) is 14.9 Å². The van der Waals surface area contributed by atoms with E-state index in [0.29, 0.717) is 60.4 Å². The number of hydrogen-bond donors (Lipinski definition) is 1. The minimum absolute atomic E-state index is 0.152. The van der Waals surface area contributed by atoms with Crippen LogP contribution in [0.25, 0.3) is 0 Å². The maximum Gasteiger partial charge on any atom is 0.320 e. The van der Waals surface area contributed by atoms with E-state index in [1.165, 1.54) is 11.3 Å². The molecule has 12 heteroatoms. The van der Waals surface area contributed by atoms with E-state index in [1.54, 1.807) is 23.7 Å². The number of thiophene rings is 1. The number of aromatic nitrogens is 2. The zero-order valence-corrected chi connectivity index (χ0v) is 22.7. The molecule has 2 N–H and O–H groups in total. The van der Waals surface area contributed by atoms with Crippen LogP contribution in [0.2, 0.25) is 0 Å². The molecule has 0 saturated carbocycles. The number of anilines is 3. The number of fused-ring (bicyclic) bond motifs is 3. The van der Waals surface area contributed by atoms with Crippen LogP contribution >= 0.6 is 23.1 Å². The second kappa shape index (κ2) is 9.20. The first-order valence-corrected chi connectivity index (χ1v) is 14.3. The van der Waals surface area contributed by atoms with Crippen LogP contribution in [0, 0.1) is 35.0 Å². The maximum atomic E-state index is 14.3. The second-order valence-corrected chi connectivity index (χ2v) is 13.0. The van der Waals surface area contributed by atoms with Crippen LogP contribution in [0.4, 0.5) is 21.0 Å². The topological polar surface area (TPSA) is 118 Å². The molecule has 9 nitrogen and oxygen atoms in total. The third-order valence-electron chi connectivity index (χ3n) is 8.13. The van der Waals surface area contributed by atoms with E-state index < -0.39 is 6.17 Å². The molecule has 2 aromatic heterocycles. The van der Waals surface area contributed by atoms with Crippen molar-refractivity contribution in [3.05, 3.63) is 21.6 Å². The zero-order chi connectivity index (χ0) is 26.7. The number of thioether (sulfide) groups is 1. The summed E-state index contributed by atoms with van der Waals surface area (Å²) in [5, 5.41) is 20.4. The Morgan fingerprint density at radius 2 is 2.08 bits per heavy atom. The van der Waals surface area contributed by atoms with Gasteiger partial charge in [-0.15, -0.1) is 29.5 Å². The average molecular weight is 551 g/mol. The van der Waals surface area contributed by atoms with Crippen molar-refractivity contribution in [3.63, 3.8) is 0 Å². The van der Waals surface area contributed by atoms with Gasteiger partial charge in [0.25, 0.3) is 0 Å². The van der Waals surface area contributed by atoms with Crippen LogP contribution in [-0.4, -0.2) is 73.0 Å². The third-order valence-corrected chi connectivity index (χ3v) is 10.8. The largest absolute Gasteiger partial charge is 0.461 e. The minimum Gasteiger partial charge on any atom is -0.461 e. The van der Waals surface area contributed by atoms with Gasteiger partial charge in [0.15, 0.2) is 11.6 Å². The van der Waals surface area contributed by atoms with Crippen molar-refractivity contribution in [2.45, 2.75) is 41.5 Å². The van der Waals surface area contributed by atoms with E-state index in [0.717, 1.165) is 35.6 Å². The first-order chi connectivity index (χ1) is 18.3. The van der Waals surface area contributed by atoms with Gasteiger partial charge in [0, 0.05) is 49.3 Å². The van der Waals surface area contributed by atoms with Gasteiger partial charge in [0.05, 0.1) is 22.4 Å². The fourth-order valence-electron chi connectivity index (χ4n) is 6.38. The van der Waals surface area contributed by atoms with Gasteiger partial charge in [0.1, 0.15) is 35.5 Å². The molecule has 2 atom stereocenters. The molecule has 6 rings (SSSR count). The summed E-state index contributed by atoms with van der Waals surface area (Å²) in [4.78, 5) is 16.4. The lowest BCUT2D eigenvalue weighted by molar-refractivity contribution is 0.107. The summed E-state index contributed by atoms with van der Waals surface area (Å²) in [7, 11) is 1.78. The van der Waals surface area contributed by atoms with Crippen molar-refractivity contribution in [1.82, 2.24) is 14.9 Å². The number of nitrogen functional groups attached to an aromatic ring is 1. The Bertz CT molecular complexity index is 1420. The highest BCUT2D eigenvalue weighted by Crippen LogP contribution is 2.58. The Morgan fingerprint density at radius 1 is 1.29 bits per heavy atom. The lowest BCUT2D eigenvalue weighted by atomic mass is 9.88. The average Bonchev–Trinajstić information content (AvgIpc) is 3.59. The highest BCUT2D eigenvalue weighted by atomic mass is 32.2. The van der Waals surface area contributed by atoms with Crippen molar-refractivity contribution in [3.8, 4) is 30.5 Å². The number of nitriles is 2. The Labute approximate surface area is 229 Å². The summed E-state index contributed by atoms with van der Waals surface area (Å²) in [6.45, 7) is 3.02. The number of hydrogen-bond acceptors (Lipinski definition) is 11. The Hall–Kier alpha value is -3.24. The summed E-state index contributed by atoms with van der Waals surface area (Å²) >= 11 is 3.29. The lowest BCUT2D eigenvalue weighted by Crippen LogP contribution is -2.57. The van der Waals surface area contributed by atoms with Gasteiger partial charge in [-0.25, -0.2) is 4.39 Å². The highest BCUT2D eigenvalue weighted by molar-refractivity contribution is 8.00. The smallest absolute Gasteiger partial charge is 0.320 e. The van der Waals surface area contributed by atoms with Crippen LogP contribution in [0.1, 0.15) is 40.8 Å². The molecule has 0 radical (unpaired) electrons. The van der Waals surface area contributed by atoms with E-state index in [2.05, 4.69) is 27.9 Å². The molecule has 6 heterocycles. The molecule has 0 aliphatic carbocycles. The number of nitrogens with zero attached hydrogens (tertiary/aromatic N) is 7. The highest BCUT2D eigenvalue weighted by Gasteiger charge is 2.53. The first kappa shape index (κ1) is 25.1. The number of ether oxygens (including phenoxy) is 1. The summed E-state index contributed by atoms with van der Waals surface area (Å²) < 4.78 is 20.2. The number of nitrogens with two attached hydrogens (primary N) is 1. The molecule has 3 saturated heterocycles. The van der Waals surface area contributed by atoms with Crippen molar-refractivity contribution < 1.29 is 9.13 Å². The van der Waals surface area contributed by atoms with Gasteiger partial charge < -0.3 is 20.3 Å². The fraction of sp³-hybridized carbons (Fsp3) is 0.538. The molecule has 38 heavy (non-hydrogen) atoms. The van der Waals surface area contributed by atoms with Crippen molar-refractivity contribution >= 4 is 39.7 Å². The quantitative estimate of drug-likeness (QED) is 0.538. The lowest BCUT2D eigenvalue weighted by Gasteiger charge is -2.48. The SMILES string of the molecule is C#CCN(C)c1nc(OC[C@@]23CCCN2CC(F)C3)nc(N2CC3(C2)SCc2sc(N)c(C#N)c23)c1C#N. The Morgan fingerprint density at radius 3 is 2.82 bits per heavy atom. The van der Waals surface area contributed by atoms with Crippen molar-refractivity contribution in [2.24, 2.45) is 0 Å². The van der Waals surface area contributed by atoms with Crippen LogP contribution in [0.5, 0.6) is 6.01 Å². The van der Waals surface area contributed by atoms with Crippen LogP contribution in [-0.2, 0) is 10.5 Å².